The number of hydrogen-bond donors (Lipinski definition) is 0. The van der Waals surface area contributed by atoms with Gasteiger partial charge in [-0.2, -0.15) is 0 Å². The molecular formula is C30H24Cl3N3O3. The predicted octanol–water partition coefficient (Wildman–Crippen LogP) is 5.86. The van der Waals surface area contributed by atoms with Crippen LogP contribution < -0.4 is 0 Å². The first-order valence-corrected chi connectivity index (χ1v) is 13.6. The summed E-state index contributed by atoms with van der Waals surface area (Å²) in [6.07, 6.45) is 0. The van der Waals surface area contributed by atoms with Crippen LogP contribution in [0.3, 0.4) is 0 Å². The lowest BCUT2D eigenvalue weighted by Gasteiger charge is -2.46. The van der Waals surface area contributed by atoms with E-state index in [2.05, 4.69) is 0 Å². The molecule has 0 aromatic heterocycles. The first-order chi connectivity index (χ1) is 18.6. The highest BCUT2D eigenvalue weighted by atomic mass is 35.5. The molecule has 3 aliphatic heterocycles. The lowest BCUT2D eigenvalue weighted by molar-refractivity contribution is -0.150. The van der Waals surface area contributed by atoms with Crippen molar-refractivity contribution in [2.24, 2.45) is 11.3 Å². The van der Waals surface area contributed by atoms with Gasteiger partial charge in [-0.25, -0.2) is 0 Å². The fraction of sp³-hybridized carbons (Fsp3) is 0.233. The average molecular weight is 581 g/mol. The van der Waals surface area contributed by atoms with Gasteiger partial charge in [0.2, 0.25) is 11.8 Å². The number of likely N-dealkylation sites (tertiary alicyclic amines) is 2. The minimum atomic E-state index is -1.47. The summed E-state index contributed by atoms with van der Waals surface area (Å²) in [5, 5.41) is 1.61. The summed E-state index contributed by atoms with van der Waals surface area (Å²) < 4.78 is 0. The second-order valence-electron chi connectivity index (χ2n) is 10.3. The summed E-state index contributed by atoms with van der Waals surface area (Å²) in [6.45, 7) is 0. The van der Waals surface area contributed by atoms with Crippen LogP contribution in [0.5, 0.6) is 0 Å². The van der Waals surface area contributed by atoms with Crippen LogP contribution in [0.25, 0.3) is 5.70 Å². The van der Waals surface area contributed by atoms with Gasteiger partial charge in [-0.05, 0) is 53.1 Å². The van der Waals surface area contributed by atoms with Gasteiger partial charge in [-0.1, -0.05) is 71.2 Å². The highest BCUT2D eigenvalue weighted by Gasteiger charge is 2.75. The molecule has 1 spiro atoms. The first-order valence-electron chi connectivity index (χ1n) is 12.4. The second-order valence-corrected chi connectivity index (χ2v) is 11.6. The fourth-order valence-electron chi connectivity index (χ4n) is 6.75. The molecule has 3 aromatic rings. The lowest BCUT2D eigenvalue weighted by Crippen LogP contribution is -2.56. The van der Waals surface area contributed by atoms with E-state index in [1.807, 2.05) is 24.3 Å². The number of piperidine rings is 1. The van der Waals surface area contributed by atoms with Crippen molar-refractivity contribution in [1.29, 1.82) is 0 Å². The van der Waals surface area contributed by atoms with Crippen molar-refractivity contribution in [1.82, 2.24) is 14.7 Å². The Morgan fingerprint density at radius 1 is 0.667 bits per heavy atom. The van der Waals surface area contributed by atoms with Crippen molar-refractivity contribution < 1.29 is 14.4 Å². The molecule has 3 aliphatic rings. The molecule has 39 heavy (non-hydrogen) atoms. The number of halogens is 3. The molecule has 0 N–H and O–H groups in total. The van der Waals surface area contributed by atoms with E-state index in [0.717, 1.165) is 11.1 Å². The molecule has 0 aliphatic carbocycles. The molecule has 6 nitrogen and oxygen atoms in total. The molecule has 2 saturated heterocycles. The van der Waals surface area contributed by atoms with Crippen LogP contribution >= 0.6 is 34.8 Å². The zero-order valence-corrected chi connectivity index (χ0v) is 23.6. The van der Waals surface area contributed by atoms with Crippen LogP contribution in [-0.2, 0) is 14.4 Å². The molecule has 3 amide bonds. The molecule has 4 atom stereocenters. The highest BCUT2D eigenvalue weighted by Crippen LogP contribution is 2.67. The third-order valence-electron chi connectivity index (χ3n) is 8.35. The number of amides is 3. The molecule has 0 unspecified atom stereocenters. The molecule has 0 radical (unpaired) electrons. The number of nitrogens with zero attached hydrogens (tertiary/aromatic N) is 3. The molecule has 3 heterocycles. The molecule has 2 fully saturated rings. The number of carbonyl (C=O) groups excluding carboxylic acids is 3. The van der Waals surface area contributed by atoms with E-state index in [1.165, 1.54) is 4.90 Å². The zero-order chi connectivity index (χ0) is 27.8. The molecule has 198 valence electrons. The smallest absolute Gasteiger partial charge is 0.253 e. The quantitative estimate of drug-likeness (QED) is 0.390. The molecular weight excluding hydrogens is 557 g/mol. The average Bonchev–Trinajstić information content (AvgIpc) is 3.29. The van der Waals surface area contributed by atoms with Crippen LogP contribution in [-0.4, -0.2) is 53.6 Å². The minimum Gasteiger partial charge on any atom is -0.337 e. The molecule has 3 aromatic carbocycles. The van der Waals surface area contributed by atoms with Crippen LogP contribution in [0.2, 0.25) is 15.1 Å². The Kier molecular flexibility index (Phi) is 6.06. The van der Waals surface area contributed by atoms with E-state index < -0.39 is 23.4 Å². The maximum absolute atomic E-state index is 14.7. The van der Waals surface area contributed by atoms with Crippen molar-refractivity contribution in [2.75, 3.05) is 21.1 Å². The van der Waals surface area contributed by atoms with Crippen molar-refractivity contribution in [3.63, 3.8) is 0 Å². The van der Waals surface area contributed by atoms with Gasteiger partial charge in [0, 0.05) is 36.2 Å². The van der Waals surface area contributed by atoms with E-state index in [9.17, 15) is 14.4 Å². The Morgan fingerprint density at radius 2 is 1.15 bits per heavy atom. The van der Waals surface area contributed by atoms with Gasteiger partial charge in [-0.3, -0.25) is 14.4 Å². The number of likely N-dealkylation sites (N-methyl/N-ethyl adjacent to an activating group) is 1. The summed E-state index contributed by atoms with van der Waals surface area (Å²) in [7, 11) is 5.04. The molecule has 0 bridgehead atoms. The zero-order valence-electron chi connectivity index (χ0n) is 21.4. The topological polar surface area (TPSA) is 60.9 Å². The third kappa shape index (κ3) is 3.51. The molecule has 9 heteroatoms. The Morgan fingerprint density at radius 3 is 1.69 bits per heavy atom. The Balaban J connectivity index is 1.70. The van der Waals surface area contributed by atoms with Gasteiger partial charge in [0.25, 0.3) is 5.91 Å². The fourth-order valence-corrected chi connectivity index (χ4v) is 7.13. The van der Waals surface area contributed by atoms with Crippen molar-refractivity contribution in [2.45, 2.75) is 12.1 Å². The van der Waals surface area contributed by atoms with E-state index in [1.54, 1.807) is 79.5 Å². The summed E-state index contributed by atoms with van der Waals surface area (Å²) >= 11 is 18.6. The first kappa shape index (κ1) is 25.9. The van der Waals surface area contributed by atoms with Crippen LogP contribution in [0.1, 0.15) is 28.8 Å². The van der Waals surface area contributed by atoms with Crippen LogP contribution in [0, 0.1) is 11.3 Å². The number of benzene rings is 3. The Labute approximate surface area is 241 Å². The second kappa shape index (κ2) is 9.12. The van der Waals surface area contributed by atoms with Crippen LogP contribution in [0.4, 0.5) is 0 Å². The van der Waals surface area contributed by atoms with E-state index in [4.69, 9.17) is 34.8 Å². The van der Waals surface area contributed by atoms with E-state index >= 15 is 0 Å². The largest absolute Gasteiger partial charge is 0.337 e. The SMILES string of the molecule is CN1C(=O)[C@]23C(=C1c1ccc(Cl)cc1)C(=O)N(C)[C@H](c1ccc(Cl)cc1)[C@H]2C(=O)N(C)[C@H]3c1ccc(Cl)cc1. The standard InChI is InChI=1S/C30H24Cl3N3O3/c1-34-24(16-4-10-19(31)11-5-16)22-28(38)36(3)26(18-8-14-21(33)15-9-18)30(22)23(27(34)37)25(35(2)29(30)39)17-6-12-20(32)13-7-17/h4-15,22,24,26H,1-3H3/t22-,24+,26-,30-/m0/s1. The van der Waals surface area contributed by atoms with Crippen molar-refractivity contribution in [3.8, 4) is 0 Å². The lowest BCUT2D eigenvalue weighted by atomic mass is 9.60. The maximum atomic E-state index is 14.7. The number of rotatable bonds is 3. The summed E-state index contributed by atoms with van der Waals surface area (Å²) in [4.78, 5) is 48.2. The van der Waals surface area contributed by atoms with Gasteiger partial charge in [0.05, 0.1) is 29.3 Å². The highest BCUT2D eigenvalue weighted by molar-refractivity contribution is 6.31. The van der Waals surface area contributed by atoms with Gasteiger partial charge >= 0.3 is 0 Å². The summed E-state index contributed by atoms with van der Waals surface area (Å²) in [5.74, 6) is -1.70. The van der Waals surface area contributed by atoms with Gasteiger partial charge < -0.3 is 14.7 Å². The van der Waals surface area contributed by atoms with Crippen molar-refractivity contribution in [3.05, 3.63) is 110 Å². The molecule has 6 rings (SSSR count). The predicted molar refractivity (Wildman–Crippen MR) is 151 cm³/mol. The van der Waals surface area contributed by atoms with Crippen molar-refractivity contribution >= 4 is 58.2 Å². The number of carbonyl (C=O) groups is 3. The van der Waals surface area contributed by atoms with Crippen LogP contribution in [0.15, 0.2) is 78.4 Å². The van der Waals surface area contributed by atoms with Gasteiger partial charge in [0.1, 0.15) is 5.41 Å². The maximum Gasteiger partial charge on any atom is 0.253 e. The van der Waals surface area contributed by atoms with E-state index in [0.29, 0.717) is 31.9 Å². The summed E-state index contributed by atoms with van der Waals surface area (Å²) in [6, 6.07) is 19.8. The minimum absolute atomic E-state index is 0.217. The van der Waals surface area contributed by atoms with Gasteiger partial charge in [-0.15, -0.1) is 0 Å². The third-order valence-corrected chi connectivity index (χ3v) is 9.11. The Bertz CT molecular complexity index is 1550. The van der Waals surface area contributed by atoms with Gasteiger partial charge in [0.15, 0.2) is 0 Å². The molecule has 0 saturated carbocycles. The summed E-state index contributed by atoms with van der Waals surface area (Å²) in [5.41, 5.74) is 1.44. The normalized spacial score (nSPS) is 26.5. The van der Waals surface area contributed by atoms with E-state index in [-0.39, 0.29) is 17.7 Å². The monoisotopic (exact) mass is 579 g/mol. The Hall–Kier alpha value is -3.32. The number of hydrogen-bond acceptors (Lipinski definition) is 3.